The maximum absolute atomic E-state index is 5.89. The van der Waals surface area contributed by atoms with Gasteiger partial charge in [-0.3, -0.25) is 0 Å². The highest BCUT2D eigenvalue weighted by atomic mass is 16.5. The number of ether oxygens (including phenoxy) is 1. The molecule has 86 valence electrons. The van der Waals surface area contributed by atoms with E-state index in [4.69, 9.17) is 10.5 Å². The van der Waals surface area contributed by atoms with Crippen LogP contribution in [-0.4, -0.2) is 31.8 Å². The quantitative estimate of drug-likeness (QED) is 0.585. The largest absolute Gasteiger partial charge is 0.379 e. The zero-order chi connectivity index (χ0) is 11.0. The van der Waals surface area contributed by atoms with Crippen LogP contribution in [0.3, 0.4) is 0 Å². The van der Waals surface area contributed by atoms with Crippen molar-refractivity contribution in [1.29, 1.82) is 0 Å². The number of nitrogens with two attached hydrogens (primary N) is 1. The van der Waals surface area contributed by atoms with Crippen LogP contribution in [-0.2, 0) is 4.74 Å². The molecule has 3 heteroatoms. The van der Waals surface area contributed by atoms with E-state index in [0.717, 1.165) is 26.1 Å². The van der Waals surface area contributed by atoms with E-state index in [9.17, 15) is 0 Å². The molecule has 0 amide bonds. The first-order valence-electron chi connectivity index (χ1n) is 5.62. The zero-order valence-electron chi connectivity index (χ0n) is 10.0. The van der Waals surface area contributed by atoms with Gasteiger partial charge in [-0.15, -0.1) is 0 Å². The number of hydrogen-bond acceptors (Lipinski definition) is 3. The molecule has 0 aliphatic carbocycles. The predicted molar refractivity (Wildman–Crippen MR) is 61.4 cm³/mol. The Hall–Kier alpha value is -0.120. The molecule has 0 saturated heterocycles. The van der Waals surface area contributed by atoms with Crippen molar-refractivity contribution in [3.8, 4) is 0 Å². The number of rotatable bonds is 8. The normalized spacial score (nSPS) is 13.9. The van der Waals surface area contributed by atoms with E-state index in [1.807, 2.05) is 0 Å². The fourth-order valence-electron chi connectivity index (χ4n) is 1.02. The van der Waals surface area contributed by atoms with Crippen molar-refractivity contribution in [3.05, 3.63) is 0 Å². The Labute approximate surface area is 88.4 Å². The van der Waals surface area contributed by atoms with Gasteiger partial charge in [0.15, 0.2) is 0 Å². The molecular weight excluding hydrogens is 176 g/mol. The summed E-state index contributed by atoms with van der Waals surface area (Å²) in [5.74, 6) is 0.550. The molecule has 3 N–H and O–H groups in total. The number of nitrogens with one attached hydrogen (secondary N) is 1. The zero-order valence-corrected chi connectivity index (χ0v) is 10.0. The summed E-state index contributed by atoms with van der Waals surface area (Å²) in [6.07, 6.45) is 1.40. The van der Waals surface area contributed by atoms with Crippen molar-refractivity contribution in [2.75, 3.05) is 19.7 Å². The lowest BCUT2D eigenvalue weighted by molar-refractivity contribution is 0.0770. The minimum absolute atomic E-state index is 0.265. The third-order valence-corrected chi connectivity index (χ3v) is 2.19. The third-order valence-electron chi connectivity index (χ3n) is 2.19. The summed E-state index contributed by atoms with van der Waals surface area (Å²) in [5, 5.41) is 3.34. The van der Waals surface area contributed by atoms with Crippen LogP contribution >= 0.6 is 0 Å². The fraction of sp³-hybridized carbons (Fsp3) is 1.00. The van der Waals surface area contributed by atoms with Gasteiger partial charge >= 0.3 is 0 Å². The van der Waals surface area contributed by atoms with Crippen LogP contribution in [0.25, 0.3) is 0 Å². The Morgan fingerprint density at radius 1 is 1.21 bits per heavy atom. The fourth-order valence-corrected chi connectivity index (χ4v) is 1.02. The van der Waals surface area contributed by atoms with Gasteiger partial charge in [-0.1, -0.05) is 13.8 Å². The molecule has 0 aromatic rings. The van der Waals surface area contributed by atoms with Gasteiger partial charge in [0.25, 0.3) is 0 Å². The summed E-state index contributed by atoms with van der Waals surface area (Å²) < 4.78 is 5.43. The van der Waals surface area contributed by atoms with Crippen LogP contribution in [0.2, 0.25) is 0 Å². The first kappa shape index (κ1) is 13.9. The highest BCUT2D eigenvalue weighted by molar-refractivity contribution is 4.67. The van der Waals surface area contributed by atoms with Crippen LogP contribution in [0.1, 0.15) is 34.1 Å². The van der Waals surface area contributed by atoms with E-state index in [1.165, 1.54) is 0 Å². The van der Waals surface area contributed by atoms with Gasteiger partial charge in [0.2, 0.25) is 0 Å². The molecule has 0 aromatic heterocycles. The molecule has 0 radical (unpaired) electrons. The van der Waals surface area contributed by atoms with E-state index >= 15 is 0 Å². The SMILES string of the molecule is CC(C)OCCCNCC(N)C(C)C. The van der Waals surface area contributed by atoms with Gasteiger partial charge in [0.1, 0.15) is 0 Å². The monoisotopic (exact) mass is 202 g/mol. The maximum Gasteiger partial charge on any atom is 0.0518 e. The van der Waals surface area contributed by atoms with E-state index in [0.29, 0.717) is 12.0 Å². The van der Waals surface area contributed by atoms with Gasteiger partial charge in [0, 0.05) is 19.2 Å². The third kappa shape index (κ3) is 8.48. The summed E-state index contributed by atoms with van der Waals surface area (Å²) in [6, 6.07) is 0.265. The molecule has 14 heavy (non-hydrogen) atoms. The van der Waals surface area contributed by atoms with Gasteiger partial charge < -0.3 is 15.8 Å². The van der Waals surface area contributed by atoms with Crippen LogP contribution in [0.4, 0.5) is 0 Å². The minimum Gasteiger partial charge on any atom is -0.379 e. The second-order valence-electron chi connectivity index (χ2n) is 4.39. The molecule has 0 aliphatic heterocycles. The summed E-state index contributed by atoms with van der Waals surface area (Å²) in [5.41, 5.74) is 5.89. The molecule has 0 saturated carbocycles. The Balaban J connectivity index is 3.13. The summed E-state index contributed by atoms with van der Waals surface area (Å²) in [7, 11) is 0. The average molecular weight is 202 g/mol. The summed E-state index contributed by atoms with van der Waals surface area (Å²) >= 11 is 0. The summed E-state index contributed by atoms with van der Waals surface area (Å²) in [4.78, 5) is 0. The topological polar surface area (TPSA) is 47.3 Å². The van der Waals surface area contributed by atoms with Crippen LogP contribution < -0.4 is 11.1 Å². The molecule has 1 unspecified atom stereocenters. The molecule has 0 bridgehead atoms. The number of hydrogen-bond donors (Lipinski definition) is 2. The molecule has 0 aromatic carbocycles. The maximum atomic E-state index is 5.89. The first-order valence-corrected chi connectivity index (χ1v) is 5.62. The van der Waals surface area contributed by atoms with Gasteiger partial charge in [-0.05, 0) is 32.7 Å². The van der Waals surface area contributed by atoms with Gasteiger partial charge in [0.05, 0.1) is 6.10 Å². The highest BCUT2D eigenvalue weighted by Crippen LogP contribution is 1.96. The predicted octanol–water partition coefficient (Wildman–Crippen LogP) is 1.37. The minimum atomic E-state index is 0.265. The second kappa shape index (κ2) is 8.21. The van der Waals surface area contributed by atoms with Crippen molar-refractivity contribution in [2.45, 2.75) is 46.3 Å². The van der Waals surface area contributed by atoms with E-state index in [-0.39, 0.29) is 6.04 Å². The van der Waals surface area contributed by atoms with Crippen molar-refractivity contribution < 1.29 is 4.74 Å². The van der Waals surface area contributed by atoms with E-state index in [1.54, 1.807) is 0 Å². The molecule has 1 atom stereocenters. The van der Waals surface area contributed by atoms with Gasteiger partial charge in [-0.2, -0.15) is 0 Å². The Kier molecular flexibility index (Phi) is 8.14. The average Bonchev–Trinajstić information content (AvgIpc) is 2.09. The van der Waals surface area contributed by atoms with Crippen LogP contribution in [0.15, 0.2) is 0 Å². The molecule has 0 fully saturated rings. The molecule has 0 heterocycles. The van der Waals surface area contributed by atoms with E-state index < -0.39 is 0 Å². The molecule has 0 rings (SSSR count). The van der Waals surface area contributed by atoms with Gasteiger partial charge in [-0.25, -0.2) is 0 Å². The van der Waals surface area contributed by atoms with Crippen molar-refractivity contribution in [3.63, 3.8) is 0 Å². The molecule has 3 nitrogen and oxygen atoms in total. The Morgan fingerprint density at radius 2 is 1.86 bits per heavy atom. The highest BCUT2D eigenvalue weighted by Gasteiger charge is 2.05. The lowest BCUT2D eigenvalue weighted by Crippen LogP contribution is -2.38. The first-order chi connectivity index (χ1) is 6.54. The lowest BCUT2D eigenvalue weighted by Gasteiger charge is -2.16. The standard InChI is InChI=1S/C11H26N2O/c1-9(2)11(12)8-13-6-5-7-14-10(3)4/h9-11,13H,5-8,12H2,1-4H3. The van der Waals surface area contributed by atoms with Crippen molar-refractivity contribution in [2.24, 2.45) is 11.7 Å². The molecular formula is C11H26N2O. The van der Waals surface area contributed by atoms with Crippen LogP contribution in [0.5, 0.6) is 0 Å². The lowest BCUT2D eigenvalue weighted by atomic mass is 10.1. The van der Waals surface area contributed by atoms with E-state index in [2.05, 4.69) is 33.0 Å². The Morgan fingerprint density at radius 3 is 2.36 bits per heavy atom. The molecule has 0 spiro atoms. The van der Waals surface area contributed by atoms with Crippen LogP contribution in [0, 0.1) is 5.92 Å². The summed E-state index contributed by atoms with van der Waals surface area (Å²) in [6.45, 7) is 11.1. The van der Waals surface area contributed by atoms with Crippen molar-refractivity contribution in [1.82, 2.24) is 5.32 Å². The smallest absolute Gasteiger partial charge is 0.0518 e. The second-order valence-corrected chi connectivity index (χ2v) is 4.39. The Bertz CT molecular complexity index is 126. The van der Waals surface area contributed by atoms with Crippen molar-refractivity contribution >= 4 is 0 Å². The molecule has 0 aliphatic rings.